The van der Waals surface area contributed by atoms with E-state index in [1.165, 1.54) is 0 Å². The molecule has 6 nitrogen and oxygen atoms in total. The fraction of sp³-hybridized carbons (Fsp3) is 0.524. The number of benzene rings is 1. The number of fused-ring (bicyclic) bond motifs is 3. The summed E-state index contributed by atoms with van der Waals surface area (Å²) in [5, 5.41) is 5.06. The molecule has 1 fully saturated rings. The maximum Gasteiger partial charge on any atom is 0.256 e. The maximum atomic E-state index is 12.6. The van der Waals surface area contributed by atoms with Crippen molar-refractivity contribution in [2.75, 3.05) is 26.2 Å². The summed E-state index contributed by atoms with van der Waals surface area (Å²) in [4.78, 5) is 29.8. The Balaban J connectivity index is 1.33. The van der Waals surface area contributed by atoms with Gasteiger partial charge in [0.25, 0.3) is 5.56 Å². The lowest BCUT2D eigenvalue weighted by molar-refractivity contribution is -0.132. The van der Waals surface area contributed by atoms with Gasteiger partial charge in [-0.1, -0.05) is 18.2 Å². The molecule has 0 radical (unpaired) electrons. The van der Waals surface area contributed by atoms with E-state index < -0.39 is 0 Å². The summed E-state index contributed by atoms with van der Waals surface area (Å²) in [5.74, 6) is 0.190. The lowest BCUT2D eigenvalue weighted by Crippen LogP contribution is -2.37. The number of nitrogens with one attached hydrogen (secondary N) is 2. The van der Waals surface area contributed by atoms with Gasteiger partial charge in [-0.2, -0.15) is 0 Å². The van der Waals surface area contributed by atoms with Gasteiger partial charge in [0.05, 0.1) is 6.10 Å². The van der Waals surface area contributed by atoms with Crippen molar-refractivity contribution in [3.63, 3.8) is 0 Å². The van der Waals surface area contributed by atoms with Gasteiger partial charge < -0.3 is 19.9 Å². The number of hydrogen-bond acceptors (Lipinski definition) is 4. The molecule has 1 amide bonds. The fourth-order valence-electron chi connectivity index (χ4n) is 4.10. The second-order valence-electron chi connectivity index (χ2n) is 7.46. The summed E-state index contributed by atoms with van der Waals surface area (Å²) in [6.07, 6.45) is 4.72. The molecular weight excluding hydrogens is 342 g/mol. The third kappa shape index (κ3) is 4.06. The number of ether oxygens (including phenoxy) is 1. The number of rotatable bonds is 6. The number of carbonyl (C=O) groups is 1. The van der Waals surface area contributed by atoms with Gasteiger partial charge in [0.2, 0.25) is 5.91 Å². The zero-order valence-corrected chi connectivity index (χ0v) is 15.6. The van der Waals surface area contributed by atoms with Crippen LogP contribution in [0.3, 0.4) is 0 Å². The van der Waals surface area contributed by atoms with E-state index in [2.05, 4.69) is 10.3 Å². The van der Waals surface area contributed by atoms with Crippen molar-refractivity contribution < 1.29 is 9.53 Å². The van der Waals surface area contributed by atoms with Gasteiger partial charge in [0.1, 0.15) is 0 Å². The highest BCUT2D eigenvalue weighted by atomic mass is 16.5. The van der Waals surface area contributed by atoms with Crippen LogP contribution >= 0.6 is 0 Å². The molecular formula is C21H27N3O3. The predicted octanol–water partition coefficient (Wildman–Crippen LogP) is 1.96. The van der Waals surface area contributed by atoms with Crippen molar-refractivity contribution in [2.45, 2.75) is 44.8 Å². The summed E-state index contributed by atoms with van der Waals surface area (Å²) < 4.78 is 5.59. The van der Waals surface area contributed by atoms with Crippen molar-refractivity contribution in [1.82, 2.24) is 15.2 Å². The van der Waals surface area contributed by atoms with Crippen LogP contribution in [-0.2, 0) is 22.5 Å². The Kier molecular flexibility index (Phi) is 5.55. The first kappa shape index (κ1) is 18.2. The van der Waals surface area contributed by atoms with E-state index in [9.17, 15) is 9.59 Å². The van der Waals surface area contributed by atoms with Crippen LogP contribution < -0.4 is 10.9 Å². The van der Waals surface area contributed by atoms with Crippen LogP contribution in [0.15, 0.2) is 29.1 Å². The molecule has 2 N–H and O–H groups in total. The van der Waals surface area contributed by atoms with Crippen LogP contribution in [0.25, 0.3) is 10.8 Å². The molecule has 3 heterocycles. The van der Waals surface area contributed by atoms with Crippen molar-refractivity contribution in [2.24, 2.45) is 0 Å². The molecule has 1 saturated heterocycles. The van der Waals surface area contributed by atoms with E-state index in [1.807, 2.05) is 29.2 Å². The van der Waals surface area contributed by atoms with Gasteiger partial charge in [-0.25, -0.2) is 0 Å². The number of aromatic amines is 1. The monoisotopic (exact) mass is 369 g/mol. The van der Waals surface area contributed by atoms with Gasteiger partial charge in [-0.15, -0.1) is 0 Å². The van der Waals surface area contributed by atoms with Gasteiger partial charge in [0, 0.05) is 50.2 Å². The summed E-state index contributed by atoms with van der Waals surface area (Å²) in [6, 6.07) is 7.64. The number of hydrogen-bond donors (Lipinski definition) is 2. The Morgan fingerprint density at radius 1 is 1.30 bits per heavy atom. The zero-order valence-electron chi connectivity index (χ0n) is 15.6. The molecule has 0 unspecified atom stereocenters. The quantitative estimate of drug-likeness (QED) is 0.764. The van der Waals surface area contributed by atoms with Crippen molar-refractivity contribution >= 4 is 16.7 Å². The molecule has 0 aliphatic carbocycles. The van der Waals surface area contributed by atoms with Gasteiger partial charge in [0.15, 0.2) is 0 Å². The third-order valence-electron chi connectivity index (χ3n) is 5.60. The SMILES string of the molecule is O=C(CCCNC[C@H]1CCCO1)N1CCc2[nH]c(=O)c3ccccc3c2C1. The Labute approximate surface area is 158 Å². The summed E-state index contributed by atoms with van der Waals surface area (Å²) in [7, 11) is 0. The lowest BCUT2D eigenvalue weighted by Gasteiger charge is -2.29. The van der Waals surface area contributed by atoms with E-state index in [4.69, 9.17) is 4.74 Å². The number of nitrogens with zero attached hydrogens (tertiary/aromatic N) is 1. The van der Waals surface area contributed by atoms with Crippen LogP contribution in [0.1, 0.15) is 36.9 Å². The Morgan fingerprint density at radius 3 is 2.96 bits per heavy atom. The molecule has 2 aliphatic rings. The molecule has 1 atom stereocenters. The van der Waals surface area contributed by atoms with Crippen LogP contribution in [0.5, 0.6) is 0 Å². The predicted molar refractivity (Wildman–Crippen MR) is 105 cm³/mol. The highest BCUT2D eigenvalue weighted by Crippen LogP contribution is 2.24. The minimum atomic E-state index is -0.0403. The zero-order chi connectivity index (χ0) is 18.6. The summed E-state index contributed by atoms with van der Waals surface area (Å²) >= 11 is 0. The molecule has 0 spiro atoms. The van der Waals surface area contributed by atoms with Crippen molar-refractivity contribution in [3.8, 4) is 0 Å². The van der Waals surface area contributed by atoms with E-state index in [1.54, 1.807) is 0 Å². The number of aromatic nitrogens is 1. The average molecular weight is 369 g/mol. The first-order valence-corrected chi connectivity index (χ1v) is 9.95. The molecule has 4 rings (SSSR count). The highest BCUT2D eigenvalue weighted by molar-refractivity contribution is 5.86. The molecule has 6 heteroatoms. The largest absolute Gasteiger partial charge is 0.377 e. The van der Waals surface area contributed by atoms with E-state index in [0.717, 1.165) is 55.6 Å². The van der Waals surface area contributed by atoms with Crippen LogP contribution in [0, 0.1) is 0 Å². The Morgan fingerprint density at radius 2 is 2.15 bits per heavy atom. The molecule has 0 saturated carbocycles. The smallest absolute Gasteiger partial charge is 0.256 e. The maximum absolute atomic E-state index is 12.6. The van der Waals surface area contributed by atoms with E-state index in [-0.39, 0.29) is 11.5 Å². The first-order valence-electron chi connectivity index (χ1n) is 9.95. The molecule has 0 bridgehead atoms. The highest BCUT2D eigenvalue weighted by Gasteiger charge is 2.23. The van der Waals surface area contributed by atoms with Gasteiger partial charge in [-0.3, -0.25) is 9.59 Å². The first-order chi connectivity index (χ1) is 13.2. The Bertz CT molecular complexity index is 871. The van der Waals surface area contributed by atoms with Gasteiger partial charge in [-0.05, 0) is 42.8 Å². The lowest BCUT2D eigenvalue weighted by atomic mass is 9.98. The van der Waals surface area contributed by atoms with Crippen LogP contribution in [-0.4, -0.2) is 48.1 Å². The summed E-state index contributed by atoms with van der Waals surface area (Å²) in [5.41, 5.74) is 2.02. The standard InChI is InChI=1S/C21H27N3O3/c25-20(8-3-10-22-13-15-5-4-12-27-15)24-11-9-19-18(14-24)16-6-1-2-7-17(16)21(26)23-19/h1-2,6-7,15,22H,3-5,8-14H2,(H,23,26)/t15-/m1/s1. The van der Waals surface area contributed by atoms with E-state index >= 15 is 0 Å². The second-order valence-corrected chi connectivity index (χ2v) is 7.46. The van der Waals surface area contributed by atoms with Crippen LogP contribution in [0.2, 0.25) is 0 Å². The van der Waals surface area contributed by atoms with Crippen molar-refractivity contribution in [1.29, 1.82) is 0 Å². The summed E-state index contributed by atoms with van der Waals surface area (Å²) in [6.45, 7) is 3.84. The van der Waals surface area contributed by atoms with Crippen LogP contribution in [0.4, 0.5) is 0 Å². The second kappa shape index (κ2) is 8.23. The van der Waals surface area contributed by atoms with Crippen molar-refractivity contribution in [3.05, 3.63) is 45.9 Å². The minimum Gasteiger partial charge on any atom is -0.377 e. The fourth-order valence-corrected chi connectivity index (χ4v) is 4.10. The molecule has 1 aromatic heterocycles. The molecule has 144 valence electrons. The van der Waals surface area contributed by atoms with Gasteiger partial charge >= 0.3 is 0 Å². The van der Waals surface area contributed by atoms with E-state index in [0.29, 0.717) is 37.4 Å². The third-order valence-corrected chi connectivity index (χ3v) is 5.60. The number of carbonyl (C=O) groups excluding carboxylic acids is 1. The normalized spacial score (nSPS) is 19.4. The molecule has 2 aromatic rings. The minimum absolute atomic E-state index is 0.0403. The molecule has 27 heavy (non-hydrogen) atoms. The molecule has 1 aromatic carbocycles. The number of amides is 1. The topological polar surface area (TPSA) is 74.4 Å². The molecule has 2 aliphatic heterocycles. The Hall–Kier alpha value is -2.18. The number of pyridine rings is 1. The average Bonchev–Trinajstić information content (AvgIpc) is 3.21. The number of H-pyrrole nitrogens is 1.